The molecule has 0 saturated carbocycles. The molecule has 2 aromatic heterocycles. The lowest BCUT2D eigenvalue weighted by Crippen LogP contribution is -2.47. The van der Waals surface area contributed by atoms with E-state index in [0.29, 0.717) is 0 Å². The first-order valence-electron chi connectivity index (χ1n) is 4.77. The van der Waals surface area contributed by atoms with E-state index in [4.69, 9.17) is 0 Å². The molecule has 0 aliphatic heterocycles. The first-order valence-corrected chi connectivity index (χ1v) is 4.77. The number of nitrogens with one attached hydrogen (secondary N) is 1. The summed E-state index contributed by atoms with van der Waals surface area (Å²) in [5.74, 6) is -4.20. The Balaban J connectivity index is 2.18. The second-order valence-electron chi connectivity index (χ2n) is 3.34. The zero-order chi connectivity index (χ0) is 14.8. The number of hydrogen-bond acceptors (Lipinski definition) is 11. The molecule has 2 aromatic rings. The minimum Gasteiger partial charge on any atom is -0.349 e. The number of rotatable bonds is 6. The van der Waals surface area contributed by atoms with Gasteiger partial charge in [-0.15, -0.1) is 0 Å². The summed E-state index contributed by atoms with van der Waals surface area (Å²) in [6.45, 7) is -1.29. The number of nitrogens with zero attached hydrogens (tertiary/aromatic N) is 6. The molecule has 0 atom stereocenters. The van der Waals surface area contributed by atoms with E-state index in [1.807, 2.05) is 5.32 Å². The predicted octanol–water partition coefficient (Wildman–Crippen LogP) is -0.292. The van der Waals surface area contributed by atoms with Gasteiger partial charge in [0.1, 0.15) is 16.0 Å². The molecular formula is C6H4FN7O6. The van der Waals surface area contributed by atoms with Crippen LogP contribution in [-0.2, 0) is 0 Å². The fraction of sp³-hybridized carbons (Fsp3) is 0.333. The fourth-order valence-electron chi connectivity index (χ4n) is 1.13. The Hall–Kier alpha value is -3.19. The molecule has 1 N–H and O–H groups in total. The molecule has 0 aliphatic carbocycles. The van der Waals surface area contributed by atoms with Crippen LogP contribution in [0.4, 0.5) is 10.2 Å². The normalized spacial score (nSPS) is 11.2. The molecule has 20 heavy (non-hydrogen) atoms. The minimum atomic E-state index is -3.92. The first-order chi connectivity index (χ1) is 9.45. The Morgan fingerprint density at radius 2 is 1.95 bits per heavy atom. The lowest BCUT2D eigenvalue weighted by atomic mass is 10.3. The van der Waals surface area contributed by atoms with Crippen molar-refractivity contribution in [3.8, 4) is 11.4 Å². The van der Waals surface area contributed by atoms with Gasteiger partial charge in [0.15, 0.2) is 17.9 Å². The van der Waals surface area contributed by atoms with Crippen LogP contribution < -0.4 is 5.32 Å². The van der Waals surface area contributed by atoms with Crippen LogP contribution >= 0.6 is 0 Å². The van der Waals surface area contributed by atoms with E-state index in [9.17, 15) is 24.6 Å². The Morgan fingerprint density at radius 1 is 1.25 bits per heavy atom. The number of halogens is 1. The quantitative estimate of drug-likeness (QED) is 0.319. The highest BCUT2D eigenvalue weighted by molar-refractivity contribution is 5.66. The number of aromatic nitrogens is 4. The average Bonchev–Trinajstić information content (AvgIpc) is 3.05. The minimum absolute atomic E-state index is 0.0421. The van der Waals surface area contributed by atoms with Crippen LogP contribution in [0.3, 0.4) is 0 Å². The third-order valence-electron chi connectivity index (χ3n) is 2.13. The topological polar surface area (TPSA) is 176 Å². The Labute approximate surface area is 107 Å². The van der Waals surface area contributed by atoms with Crippen molar-refractivity contribution in [2.45, 2.75) is 5.92 Å². The highest BCUT2D eigenvalue weighted by Gasteiger charge is 2.58. The molecule has 2 rings (SSSR count). The zero-order valence-electron chi connectivity index (χ0n) is 9.30. The highest BCUT2D eigenvalue weighted by Crippen LogP contribution is 2.23. The van der Waals surface area contributed by atoms with E-state index < -0.39 is 22.3 Å². The van der Waals surface area contributed by atoms with Gasteiger partial charge in [-0.05, 0) is 15.5 Å². The standard InChI is InChI=1S/C6H4FN7O6/c7-6(13(15)16,14(17)18)2-8-5-4(11-20-12-5)3-1-9-19-10-3/h1H,2H2,(H,8,12). The SMILES string of the molecule is O=[N+]([O-])C(F)(CNc1nonc1-c1cnon1)[N+](=O)[O-]. The highest BCUT2D eigenvalue weighted by atomic mass is 19.2. The van der Waals surface area contributed by atoms with Gasteiger partial charge in [-0.1, -0.05) is 9.55 Å². The van der Waals surface area contributed by atoms with Crippen molar-refractivity contribution < 1.29 is 23.5 Å². The molecule has 0 radical (unpaired) electrons. The summed E-state index contributed by atoms with van der Waals surface area (Å²) in [6, 6.07) is 0. The molecule has 0 fully saturated rings. The van der Waals surface area contributed by atoms with Gasteiger partial charge in [0, 0.05) is 0 Å². The summed E-state index contributed by atoms with van der Waals surface area (Å²) in [7, 11) is 0. The molecule has 0 bridgehead atoms. The molecule has 0 aromatic carbocycles. The third kappa shape index (κ3) is 2.20. The van der Waals surface area contributed by atoms with Crippen LogP contribution in [-0.4, -0.2) is 42.9 Å². The summed E-state index contributed by atoms with van der Waals surface area (Å²) in [5, 5.41) is 36.1. The molecule has 14 heteroatoms. The van der Waals surface area contributed by atoms with Gasteiger partial charge in [0.2, 0.25) is 5.82 Å². The van der Waals surface area contributed by atoms with Gasteiger partial charge in [0.05, 0.1) is 0 Å². The van der Waals surface area contributed by atoms with Gasteiger partial charge in [0.25, 0.3) is 0 Å². The zero-order valence-corrected chi connectivity index (χ0v) is 9.30. The lowest BCUT2D eigenvalue weighted by Gasteiger charge is -2.08. The monoisotopic (exact) mass is 289 g/mol. The number of anilines is 1. The Morgan fingerprint density at radius 3 is 2.50 bits per heavy atom. The van der Waals surface area contributed by atoms with Gasteiger partial charge in [-0.3, -0.25) is 20.2 Å². The second-order valence-corrected chi connectivity index (χ2v) is 3.34. The van der Waals surface area contributed by atoms with Gasteiger partial charge in [-0.25, -0.2) is 9.26 Å². The van der Waals surface area contributed by atoms with Crippen LogP contribution in [0.2, 0.25) is 0 Å². The van der Waals surface area contributed by atoms with Crippen LogP contribution in [0.5, 0.6) is 0 Å². The second kappa shape index (κ2) is 4.82. The van der Waals surface area contributed by atoms with Crippen molar-refractivity contribution in [3.05, 3.63) is 26.4 Å². The van der Waals surface area contributed by atoms with E-state index in [1.165, 1.54) is 0 Å². The molecule has 13 nitrogen and oxygen atoms in total. The molecular weight excluding hydrogens is 285 g/mol. The predicted molar refractivity (Wildman–Crippen MR) is 53.9 cm³/mol. The molecule has 0 spiro atoms. The fourth-order valence-corrected chi connectivity index (χ4v) is 1.13. The van der Waals surface area contributed by atoms with Crippen LogP contribution in [0, 0.1) is 20.2 Å². The van der Waals surface area contributed by atoms with Gasteiger partial charge >= 0.3 is 5.92 Å². The Kier molecular flexibility index (Phi) is 3.20. The summed E-state index contributed by atoms with van der Waals surface area (Å²) < 4.78 is 22.1. The largest absolute Gasteiger partial charge is 0.631 e. The van der Waals surface area contributed by atoms with E-state index in [1.54, 1.807) is 0 Å². The van der Waals surface area contributed by atoms with Crippen molar-refractivity contribution in [1.82, 2.24) is 20.6 Å². The van der Waals surface area contributed by atoms with E-state index in [2.05, 4.69) is 29.9 Å². The number of nitro groups is 2. The lowest BCUT2D eigenvalue weighted by molar-refractivity contribution is -0.826. The molecule has 0 unspecified atom stereocenters. The maximum absolute atomic E-state index is 13.5. The van der Waals surface area contributed by atoms with Crippen molar-refractivity contribution >= 4 is 5.82 Å². The van der Waals surface area contributed by atoms with Crippen molar-refractivity contribution in [1.29, 1.82) is 0 Å². The van der Waals surface area contributed by atoms with Crippen LogP contribution in [0.1, 0.15) is 0 Å². The average molecular weight is 289 g/mol. The summed E-state index contributed by atoms with van der Waals surface area (Å²) in [6.07, 6.45) is 1.12. The van der Waals surface area contributed by atoms with E-state index in [-0.39, 0.29) is 17.2 Å². The van der Waals surface area contributed by atoms with Gasteiger partial charge in [-0.2, -0.15) is 0 Å². The maximum Gasteiger partial charge on any atom is 0.631 e. The first kappa shape index (κ1) is 13.2. The van der Waals surface area contributed by atoms with Crippen molar-refractivity contribution in [2.75, 3.05) is 11.9 Å². The van der Waals surface area contributed by atoms with Crippen molar-refractivity contribution in [2.24, 2.45) is 0 Å². The maximum atomic E-state index is 13.5. The summed E-state index contributed by atoms with van der Waals surface area (Å²) >= 11 is 0. The molecule has 0 saturated heterocycles. The number of alkyl halides is 1. The molecule has 2 heterocycles. The third-order valence-corrected chi connectivity index (χ3v) is 2.13. The van der Waals surface area contributed by atoms with E-state index in [0.717, 1.165) is 6.20 Å². The van der Waals surface area contributed by atoms with Gasteiger partial charge < -0.3 is 5.32 Å². The van der Waals surface area contributed by atoms with Crippen LogP contribution in [0.15, 0.2) is 15.5 Å². The molecule has 106 valence electrons. The van der Waals surface area contributed by atoms with Crippen molar-refractivity contribution in [3.63, 3.8) is 0 Å². The molecule has 0 amide bonds. The smallest absolute Gasteiger partial charge is 0.349 e. The Bertz CT molecular complexity index is 612. The summed E-state index contributed by atoms with van der Waals surface area (Å²) in [5.41, 5.74) is -0.0549. The molecule has 0 aliphatic rings. The summed E-state index contributed by atoms with van der Waals surface area (Å²) in [4.78, 5) is 17.4. The number of hydrogen-bond donors (Lipinski definition) is 1. The van der Waals surface area contributed by atoms with E-state index >= 15 is 0 Å². The van der Waals surface area contributed by atoms with Crippen LogP contribution in [0.25, 0.3) is 11.4 Å².